The third kappa shape index (κ3) is 18.7. The van der Waals surface area contributed by atoms with E-state index in [1.54, 1.807) is 20.8 Å². The molecule has 0 aromatic carbocycles. The topological polar surface area (TPSA) is 251 Å². The summed E-state index contributed by atoms with van der Waals surface area (Å²) in [6, 6.07) is 4.86. The number of nitrogens with one attached hydrogen (secondary N) is 3. The van der Waals surface area contributed by atoms with Crippen LogP contribution in [-0.2, 0) is 43.0 Å². The molecule has 14 bridgehead atoms. The predicted octanol–water partition coefficient (Wildman–Crippen LogP) is 14.4. The number of amides is 5. The standard InChI is InChI=1S/C16H25NO.2C15H23NO.C12H15NO2.C11H18N2O.C10H14ClNO.C10H14O3/c1-10(2)16(18)17(3)15-9-11-8-14(15)13-7-5-4-6-12(11)13;1-9(2)15(17)16-14-8-10-7-13(14)12-6-4-3-5-11(10)12;1-3-15(17)16(2)14-9-10-8-13(14)12-7-5-4-6-11(10)12;1-7(2)12(14)15-11-5-8-3-9(11)4-10(8)6-13;1-6(2)11(14)13-10-5-7-3-8(10)4-9(7)12;1-2-10(13)12-9-5-6-3-7(9)4-8(6)11;1-2-10(12)13-9-5-6-3-7(9)4-8(6)11/h11-15H,1,4-9H2,2-3H3;10-14H,1,3-8H2,2H3,(H,16,17);3,10-14H,1,4-9H2,2H3;8-11H,1,3-5H2,2H3;7-10H,1,3-5,12H2,2H3,(H,13,14);2,6-9H,1,3-5H2,(H,12,13);2,6-9,11H,1,3-5H2. The Morgan fingerprint density at radius 3 is 1.35 bits per heavy atom. The number of nitrogens with two attached hydrogens (primary N) is 1. The number of rotatable bonds is 14. The quantitative estimate of drug-likeness (QED) is 0.0619. The Kier molecular flexibility index (Phi) is 27.7. The largest absolute Gasteiger partial charge is 0.459 e. The number of nitriles is 1. The number of carbonyl (C=O) groups is 7. The number of hydrogen-bond acceptors (Lipinski definition) is 12. The lowest BCUT2D eigenvalue weighted by Crippen LogP contribution is -2.45. The summed E-state index contributed by atoms with van der Waals surface area (Å²) in [6.45, 7) is 32.2. The van der Waals surface area contributed by atoms with Gasteiger partial charge in [0.25, 0.3) is 0 Å². The molecule has 0 aromatic rings. The smallest absolute Gasteiger partial charge is 0.333 e. The van der Waals surface area contributed by atoms with Crippen molar-refractivity contribution >= 4 is 53.1 Å². The van der Waals surface area contributed by atoms with Crippen LogP contribution >= 0.6 is 11.6 Å². The molecule has 0 heterocycles. The molecule has 17 nitrogen and oxygen atoms in total. The molecule has 0 aliphatic heterocycles. The van der Waals surface area contributed by atoms with E-state index in [9.17, 15) is 38.7 Å². The van der Waals surface area contributed by atoms with Crippen molar-refractivity contribution in [3.63, 3.8) is 0 Å². The lowest BCUT2D eigenvalue weighted by atomic mass is 9.69. The number of nitrogens with zero attached hydrogens (tertiary/aromatic N) is 3. The summed E-state index contributed by atoms with van der Waals surface area (Å²) >= 11 is 6.11. The van der Waals surface area contributed by atoms with E-state index in [0.717, 1.165) is 135 Å². The van der Waals surface area contributed by atoms with Crippen LogP contribution in [-0.4, -0.2) is 130 Å². The second-order valence-corrected chi connectivity index (χ2v) is 37.4. The highest BCUT2D eigenvalue weighted by Crippen LogP contribution is 2.61. The number of ether oxygens (including phenoxy) is 2. The van der Waals surface area contributed by atoms with Gasteiger partial charge in [0.1, 0.15) is 12.2 Å². The van der Waals surface area contributed by atoms with Gasteiger partial charge in [0, 0.05) is 90.0 Å². The van der Waals surface area contributed by atoms with Crippen molar-refractivity contribution in [2.75, 3.05) is 14.1 Å². The molecule has 17 aliphatic rings. The number of likely N-dealkylation sites (N-methyl/N-ethyl adjacent to an activating group) is 2. The molecule has 18 heteroatoms. The predicted molar refractivity (Wildman–Crippen MR) is 420 cm³/mol. The van der Waals surface area contributed by atoms with Gasteiger partial charge in [-0.25, -0.2) is 9.59 Å². The van der Waals surface area contributed by atoms with Crippen LogP contribution in [0.4, 0.5) is 0 Å². The number of esters is 2. The van der Waals surface area contributed by atoms with E-state index in [1.807, 2.05) is 30.8 Å². The Morgan fingerprint density at radius 1 is 0.449 bits per heavy atom. The molecule has 17 aliphatic carbocycles. The van der Waals surface area contributed by atoms with E-state index in [2.05, 4.69) is 68.1 Å². The van der Waals surface area contributed by atoms with E-state index in [-0.39, 0.29) is 65.7 Å². The molecular weight excluding hydrogens is 1360 g/mol. The van der Waals surface area contributed by atoms with Crippen molar-refractivity contribution in [1.29, 1.82) is 5.26 Å². The van der Waals surface area contributed by atoms with Crippen molar-refractivity contribution in [3.05, 3.63) is 86.6 Å². The second-order valence-electron chi connectivity index (χ2n) is 36.8. The summed E-state index contributed by atoms with van der Waals surface area (Å²) in [5, 5.41) is 27.9. The number of hydrogen-bond donors (Lipinski definition) is 5. The lowest BCUT2D eigenvalue weighted by molar-refractivity contribution is -0.147. The summed E-state index contributed by atoms with van der Waals surface area (Å²) < 4.78 is 10.5. The Labute approximate surface area is 645 Å². The van der Waals surface area contributed by atoms with Crippen LogP contribution in [0.3, 0.4) is 0 Å². The van der Waals surface area contributed by atoms with Gasteiger partial charge in [-0.15, -0.1) is 11.6 Å². The molecule has 17 rings (SSSR count). The highest BCUT2D eigenvalue weighted by molar-refractivity contribution is 6.21. The number of halogens is 1. The number of alkyl halides is 1. The van der Waals surface area contributed by atoms with E-state index >= 15 is 0 Å². The zero-order chi connectivity index (χ0) is 77.0. The van der Waals surface area contributed by atoms with Crippen LogP contribution < -0.4 is 21.7 Å². The normalized spacial score (nSPS) is 41.4. The Hall–Kier alpha value is -5.83. The fraction of sp³-hybridized carbons (Fsp3) is 0.753. The molecule has 107 heavy (non-hydrogen) atoms. The maximum Gasteiger partial charge on any atom is 0.333 e. The summed E-state index contributed by atoms with van der Waals surface area (Å²) in [7, 11) is 3.95. The average molecular weight is 1500 g/mol. The van der Waals surface area contributed by atoms with Gasteiger partial charge in [0.05, 0.1) is 12.2 Å². The summed E-state index contributed by atoms with van der Waals surface area (Å²) in [5.41, 5.74) is 8.32. The van der Waals surface area contributed by atoms with Gasteiger partial charge in [-0.1, -0.05) is 84.6 Å². The minimum Gasteiger partial charge on any atom is -0.459 e. The minimum atomic E-state index is -0.341. The zero-order valence-electron chi connectivity index (χ0n) is 65.7. The van der Waals surface area contributed by atoms with Crippen LogP contribution in [0.1, 0.15) is 220 Å². The lowest BCUT2D eigenvalue weighted by Gasteiger charge is -2.42. The van der Waals surface area contributed by atoms with E-state index < -0.39 is 0 Å². The summed E-state index contributed by atoms with van der Waals surface area (Å²) in [4.78, 5) is 84.3. The summed E-state index contributed by atoms with van der Waals surface area (Å²) in [5.74, 6) is 14.7. The molecule has 590 valence electrons. The maximum absolute atomic E-state index is 12.1. The number of aliphatic hydroxyl groups is 1. The first kappa shape index (κ1) is 82.1. The Morgan fingerprint density at radius 2 is 0.907 bits per heavy atom. The van der Waals surface area contributed by atoms with Crippen LogP contribution in [0.15, 0.2) is 86.6 Å². The fourth-order valence-corrected chi connectivity index (χ4v) is 25.9. The van der Waals surface area contributed by atoms with Gasteiger partial charge in [0.2, 0.25) is 29.5 Å². The van der Waals surface area contributed by atoms with Crippen LogP contribution in [0.2, 0.25) is 0 Å². The molecule has 0 spiro atoms. The van der Waals surface area contributed by atoms with Gasteiger partial charge < -0.3 is 46.1 Å². The maximum atomic E-state index is 12.1. The molecule has 17 saturated carbocycles. The van der Waals surface area contributed by atoms with Gasteiger partial charge in [-0.3, -0.25) is 24.0 Å². The van der Waals surface area contributed by atoms with Crippen molar-refractivity contribution in [3.8, 4) is 6.07 Å². The van der Waals surface area contributed by atoms with E-state index in [0.29, 0.717) is 111 Å². The zero-order valence-corrected chi connectivity index (χ0v) is 66.5. The highest BCUT2D eigenvalue weighted by atomic mass is 35.5. The molecule has 6 N–H and O–H groups in total. The van der Waals surface area contributed by atoms with Gasteiger partial charge in [-0.2, -0.15) is 5.26 Å². The number of fused-ring (bicyclic) bond motifs is 23. The molecule has 31 atom stereocenters. The highest BCUT2D eigenvalue weighted by Gasteiger charge is 2.57. The second kappa shape index (κ2) is 36.1. The van der Waals surface area contributed by atoms with Crippen LogP contribution in [0, 0.1) is 136 Å². The molecule has 0 saturated heterocycles. The third-order valence-electron chi connectivity index (χ3n) is 30.5. The van der Waals surface area contributed by atoms with E-state index in [4.69, 9.17) is 32.1 Å². The van der Waals surface area contributed by atoms with Crippen molar-refractivity contribution < 1.29 is 48.1 Å². The molecule has 31 unspecified atom stereocenters. The van der Waals surface area contributed by atoms with Crippen molar-refractivity contribution in [1.82, 2.24) is 25.8 Å². The fourth-order valence-electron chi connectivity index (χ4n) is 25.5. The molecule has 0 radical (unpaired) electrons. The monoisotopic (exact) mass is 1490 g/mol. The average Bonchev–Trinajstić information content (AvgIpc) is 1.67. The van der Waals surface area contributed by atoms with Gasteiger partial charge >= 0.3 is 11.9 Å². The van der Waals surface area contributed by atoms with Crippen molar-refractivity contribution in [2.45, 2.75) is 280 Å². The third-order valence-corrected chi connectivity index (χ3v) is 31.1. The molecule has 0 aromatic heterocycles. The van der Waals surface area contributed by atoms with E-state index in [1.165, 1.54) is 147 Å². The van der Waals surface area contributed by atoms with Crippen molar-refractivity contribution in [2.24, 2.45) is 130 Å². The minimum absolute atomic E-state index is 0.00359. The van der Waals surface area contributed by atoms with Crippen LogP contribution in [0.5, 0.6) is 0 Å². The van der Waals surface area contributed by atoms with Crippen LogP contribution in [0.25, 0.3) is 0 Å². The first-order valence-corrected chi connectivity index (χ1v) is 42.4. The first-order chi connectivity index (χ1) is 51.1. The first-order valence-electron chi connectivity index (χ1n) is 41.9. The van der Waals surface area contributed by atoms with Gasteiger partial charge in [0.15, 0.2) is 0 Å². The Bertz CT molecular complexity index is 3310. The number of carbonyl (C=O) groups excluding carboxylic acids is 7. The summed E-state index contributed by atoms with van der Waals surface area (Å²) in [6.07, 6.45) is 41.0. The molecular formula is C89H132ClN7O10. The molecule has 5 amide bonds. The van der Waals surface area contributed by atoms with Gasteiger partial charge in [-0.05, 0) is 312 Å². The number of aliphatic hydroxyl groups excluding tert-OH is 1. The Balaban J connectivity index is 0.000000125. The SMILES string of the molecule is C=C(C)C(=O)N(C)C1CC2CC1C1CCCCC21.C=C(C)C(=O)NC1CC2CC1C1CCCCC21.C=C(C)C(=O)NC1CC2CC1CC2N.C=C(C)C(=O)OC1CC2CC1CC2C#N.C=CC(=O)N(C)C1CC2CC1C1CCCCC21.C=CC(=O)NC1CC2CC1CC2Cl.C=CC(=O)OC1CC2CC1CC2O. The molecule has 17 fully saturated rings.